The Morgan fingerprint density at radius 3 is 2.50 bits per heavy atom. The van der Waals surface area contributed by atoms with E-state index < -0.39 is 5.41 Å². The van der Waals surface area contributed by atoms with Gasteiger partial charge in [0, 0.05) is 18.5 Å². The number of carbonyl (C=O) groups excluding carboxylic acids is 2. The molecule has 0 aliphatic carbocycles. The number of piperidine rings is 1. The Morgan fingerprint density at radius 1 is 1.33 bits per heavy atom. The highest BCUT2D eigenvalue weighted by Gasteiger charge is 2.51. The van der Waals surface area contributed by atoms with Crippen molar-refractivity contribution in [3.05, 3.63) is 0 Å². The lowest BCUT2D eigenvalue weighted by atomic mass is 9.81. The van der Waals surface area contributed by atoms with E-state index in [2.05, 4.69) is 12.2 Å². The quantitative estimate of drug-likeness (QED) is 0.778. The number of likely N-dealkylation sites (tertiary alicyclic amines) is 1. The normalized spacial score (nSPS) is 32.1. The average Bonchev–Trinajstić information content (AvgIpc) is 2.61. The predicted octanol–water partition coefficient (Wildman–Crippen LogP) is 1.69. The molecule has 2 rings (SSSR count). The van der Waals surface area contributed by atoms with E-state index in [0.29, 0.717) is 12.5 Å². The number of hydrogen-bond acceptors (Lipinski definition) is 3. The zero-order valence-electron chi connectivity index (χ0n) is 11.7. The molecule has 2 aliphatic rings. The summed E-state index contributed by atoms with van der Waals surface area (Å²) in [5.74, 6) is 0.124. The van der Waals surface area contributed by atoms with Gasteiger partial charge in [0.2, 0.25) is 11.8 Å². The Labute approximate surface area is 109 Å². The maximum Gasteiger partial charge on any atom is 0.236 e. The van der Waals surface area contributed by atoms with Crippen LogP contribution in [-0.4, -0.2) is 35.3 Å². The molecular weight excluding hydrogens is 228 g/mol. The summed E-state index contributed by atoms with van der Waals surface area (Å²) in [6.45, 7) is 7.05. The maximum absolute atomic E-state index is 12.6. The highest BCUT2D eigenvalue weighted by atomic mass is 16.2. The second kappa shape index (κ2) is 5.00. The third-order valence-corrected chi connectivity index (χ3v) is 4.75. The molecule has 2 unspecified atom stereocenters. The number of rotatable bonds is 3. The molecule has 0 aromatic rings. The molecule has 4 nitrogen and oxygen atoms in total. The van der Waals surface area contributed by atoms with Crippen LogP contribution in [0.4, 0.5) is 0 Å². The van der Waals surface area contributed by atoms with Crippen LogP contribution in [0.3, 0.4) is 0 Å². The summed E-state index contributed by atoms with van der Waals surface area (Å²) in [6.07, 6.45) is 3.74. The maximum atomic E-state index is 12.6. The van der Waals surface area contributed by atoms with Gasteiger partial charge < -0.3 is 5.32 Å². The summed E-state index contributed by atoms with van der Waals surface area (Å²) in [6, 6.07) is 0.504. The first kappa shape index (κ1) is 13.5. The van der Waals surface area contributed by atoms with E-state index in [0.717, 1.165) is 32.2 Å². The summed E-state index contributed by atoms with van der Waals surface area (Å²) >= 11 is 0. The van der Waals surface area contributed by atoms with E-state index in [9.17, 15) is 9.59 Å². The van der Waals surface area contributed by atoms with Crippen LogP contribution >= 0.6 is 0 Å². The van der Waals surface area contributed by atoms with Gasteiger partial charge in [-0.3, -0.25) is 14.5 Å². The molecule has 2 atom stereocenters. The van der Waals surface area contributed by atoms with E-state index >= 15 is 0 Å². The number of carbonyl (C=O) groups is 2. The number of imide groups is 1. The third kappa shape index (κ3) is 2.07. The van der Waals surface area contributed by atoms with Crippen LogP contribution in [-0.2, 0) is 9.59 Å². The summed E-state index contributed by atoms with van der Waals surface area (Å²) in [5, 5.41) is 3.36. The van der Waals surface area contributed by atoms with Gasteiger partial charge in [0.1, 0.15) is 0 Å². The minimum absolute atomic E-state index is 0.0443. The van der Waals surface area contributed by atoms with Crippen molar-refractivity contribution in [1.82, 2.24) is 10.2 Å². The molecule has 2 aliphatic heterocycles. The van der Waals surface area contributed by atoms with Crippen LogP contribution in [0.15, 0.2) is 0 Å². The second-order valence-corrected chi connectivity index (χ2v) is 5.77. The zero-order chi connectivity index (χ0) is 13.3. The fourth-order valence-electron chi connectivity index (χ4n) is 3.33. The van der Waals surface area contributed by atoms with E-state index in [1.54, 1.807) is 4.90 Å². The van der Waals surface area contributed by atoms with Crippen LogP contribution in [0.25, 0.3) is 0 Å². The van der Waals surface area contributed by atoms with Gasteiger partial charge in [0.25, 0.3) is 0 Å². The van der Waals surface area contributed by atoms with E-state index in [-0.39, 0.29) is 17.9 Å². The molecule has 4 heteroatoms. The summed E-state index contributed by atoms with van der Waals surface area (Å²) < 4.78 is 0. The second-order valence-electron chi connectivity index (χ2n) is 5.77. The van der Waals surface area contributed by atoms with Gasteiger partial charge in [-0.1, -0.05) is 13.8 Å². The van der Waals surface area contributed by atoms with Crippen molar-refractivity contribution >= 4 is 11.8 Å². The van der Waals surface area contributed by atoms with Crippen LogP contribution < -0.4 is 5.32 Å². The zero-order valence-corrected chi connectivity index (χ0v) is 11.7. The fourth-order valence-corrected chi connectivity index (χ4v) is 3.33. The highest BCUT2D eigenvalue weighted by Crippen LogP contribution is 2.41. The Kier molecular flexibility index (Phi) is 3.76. The van der Waals surface area contributed by atoms with Gasteiger partial charge >= 0.3 is 0 Å². The van der Waals surface area contributed by atoms with E-state index in [1.807, 2.05) is 13.8 Å². The lowest BCUT2D eigenvalue weighted by Crippen LogP contribution is -2.50. The van der Waals surface area contributed by atoms with Crippen molar-refractivity contribution in [1.29, 1.82) is 0 Å². The molecule has 0 bridgehead atoms. The first-order valence-electron chi connectivity index (χ1n) is 7.14. The number of nitrogens with zero attached hydrogens (tertiary/aromatic N) is 1. The van der Waals surface area contributed by atoms with Gasteiger partial charge in [-0.05, 0) is 39.2 Å². The van der Waals surface area contributed by atoms with Gasteiger partial charge in [-0.2, -0.15) is 0 Å². The topological polar surface area (TPSA) is 49.4 Å². The number of amides is 2. The van der Waals surface area contributed by atoms with Gasteiger partial charge in [0.15, 0.2) is 0 Å². The van der Waals surface area contributed by atoms with Crippen molar-refractivity contribution in [2.24, 2.45) is 5.41 Å². The van der Waals surface area contributed by atoms with E-state index in [1.165, 1.54) is 0 Å². The molecule has 2 saturated heterocycles. The largest absolute Gasteiger partial charge is 0.314 e. The monoisotopic (exact) mass is 252 g/mol. The SMILES string of the molecule is CCC1(CC)CC(=O)N(C2CCNC(C)C2)C1=O. The van der Waals surface area contributed by atoms with Crippen molar-refractivity contribution in [3.8, 4) is 0 Å². The standard InChI is InChI=1S/C14H24N2O2/c1-4-14(5-2)9-12(17)16(13(14)18)11-6-7-15-10(3)8-11/h10-11,15H,4-9H2,1-3H3. The average molecular weight is 252 g/mol. The smallest absolute Gasteiger partial charge is 0.236 e. The predicted molar refractivity (Wildman–Crippen MR) is 70.0 cm³/mol. The Morgan fingerprint density at radius 2 is 2.00 bits per heavy atom. The van der Waals surface area contributed by atoms with Crippen molar-refractivity contribution < 1.29 is 9.59 Å². The third-order valence-electron chi connectivity index (χ3n) is 4.75. The minimum atomic E-state index is -0.412. The first-order valence-corrected chi connectivity index (χ1v) is 7.14. The molecule has 2 amide bonds. The minimum Gasteiger partial charge on any atom is -0.314 e. The van der Waals surface area contributed by atoms with Gasteiger partial charge in [0.05, 0.1) is 5.41 Å². The molecule has 102 valence electrons. The van der Waals surface area contributed by atoms with Crippen LogP contribution in [0, 0.1) is 5.41 Å². The number of hydrogen-bond donors (Lipinski definition) is 1. The summed E-state index contributed by atoms with van der Waals surface area (Å²) in [4.78, 5) is 26.4. The molecule has 0 spiro atoms. The highest BCUT2D eigenvalue weighted by molar-refractivity contribution is 6.06. The van der Waals surface area contributed by atoms with Crippen LogP contribution in [0.1, 0.15) is 52.9 Å². The summed E-state index contributed by atoms with van der Waals surface area (Å²) in [7, 11) is 0. The lowest BCUT2D eigenvalue weighted by Gasteiger charge is -2.34. The number of nitrogens with one attached hydrogen (secondary N) is 1. The van der Waals surface area contributed by atoms with Crippen molar-refractivity contribution in [2.75, 3.05) is 6.54 Å². The molecule has 0 aromatic heterocycles. The van der Waals surface area contributed by atoms with E-state index in [4.69, 9.17) is 0 Å². The molecule has 0 aromatic carbocycles. The van der Waals surface area contributed by atoms with Crippen LogP contribution in [0.5, 0.6) is 0 Å². The molecule has 2 fully saturated rings. The Hall–Kier alpha value is -0.900. The van der Waals surface area contributed by atoms with Gasteiger partial charge in [-0.25, -0.2) is 0 Å². The van der Waals surface area contributed by atoms with Crippen molar-refractivity contribution in [2.45, 2.75) is 65.0 Å². The van der Waals surface area contributed by atoms with Gasteiger partial charge in [-0.15, -0.1) is 0 Å². The van der Waals surface area contributed by atoms with Crippen LogP contribution in [0.2, 0.25) is 0 Å². The summed E-state index contributed by atoms with van der Waals surface area (Å²) in [5.41, 5.74) is -0.412. The molecule has 0 radical (unpaired) electrons. The van der Waals surface area contributed by atoms with Crippen molar-refractivity contribution in [3.63, 3.8) is 0 Å². The first-order chi connectivity index (χ1) is 8.54. The Balaban J connectivity index is 2.18. The lowest BCUT2D eigenvalue weighted by molar-refractivity contribution is -0.145. The molecule has 2 heterocycles. The molecule has 0 saturated carbocycles. The fraction of sp³-hybridized carbons (Fsp3) is 0.857. The molecular formula is C14H24N2O2. The Bertz CT molecular complexity index is 350. The molecule has 1 N–H and O–H groups in total. The molecule has 18 heavy (non-hydrogen) atoms.